The fourth-order valence-corrected chi connectivity index (χ4v) is 2.14. The topological polar surface area (TPSA) is 26.0 Å². The average molecular weight is 213 g/mol. The second-order valence-corrected chi connectivity index (χ2v) is 5.78. The summed E-state index contributed by atoms with van der Waals surface area (Å²) < 4.78 is 0. The highest BCUT2D eigenvalue weighted by Gasteiger charge is 2.26. The Hall–Kier alpha value is -0.0400. The highest BCUT2D eigenvalue weighted by Crippen LogP contribution is 2.37. The van der Waals surface area contributed by atoms with Gasteiger partial charge >= 0.3 is 0 Å². The smallest absolute Gasteiger partial charge is 0.00232 e. The van der Waals surface area contributed by atoms with Crippen LogP contribution in [0.25, 0.3) is 0 Å². The first-order valence-electron chi connectivity index (χ1n) is 6.65. The monoisotopic (exact) mass is 213 g/mol. The molecule has 0 saturated carbocycles. The third-order valence-electron chi connectivity index (χ3n) is 4.39. The molecule has 0 aromatic carbocycles. The fourth-order valence-electron chi connectivity index (χ4n) is 2.14. The molecule has 0 fully saturated rings. The van der Waals surface area contributed by atoms with E-state index < -0.39 is 0 Å². The van der Waals surface area contributed by atoms with Crippen molar-refractivity contribution >= 4 is 0 Å². The van der Waals surface area contributed by atoms with Gasteiger partial charge in [0.05, 0.1) is 0 Å². The Balaban J connectivity index is 4.20. The van der Waals surface area contributed by atoms with Gasteiger partial charge in [0, 0.05) is 0 Å². The summed E-state index contributed by atoms with van der Waals surface area (Å²) >= 11 is 0. The lowest BCUT2D eigenvalue weighted by Crippen LogP contribution is -2.29. The normalized spacial score (nSPS) is 16.4. The second kappa shape index (κ2) is 6.52. The maximum Gasteiger partial charge on any atom is -0.00232 e. The van der Waals surface area contributed by atoms with E-state index in [1.807, 2.05) is 0 Å². The van der Waals surface area contributed by atoms with Crippen LogP contribution in [0.1, 0.15) is 73.1 Å². The molecular formula is C14H31N. The Morgan fingerprint density at radius 3 is 1.60 bits per heavy atom. The first-order valence-corrected chi connectivity index (χ1v) is 6.65. The average Bonchev–Trinajstić information content (AvgIpc) is 2.26. The molecule has 0 aliphatic heterocycles. The summed E-state index contributed by atoms with van der Waals surface area (Å²) in [5.41, 5.74) is 6.81. The lowest BCUT2D eigenvalue weighted by molar-refractivity contribution is 0.190. The van der Waals surface area contributed by atoms with E-state index in [2.05, 4.69) is 34.6 Å². The molecule has 15 heavy (non-hydrogen) atoms. The van der Waals surface area contributed by atoms with Crippen molar-refractivity contribution in [3.63, 3.8) is 0 Å². The Labute approximate surface area is 96.8 Å². The van der Waals surface area contributed by atoms with Gasteiger partial charge in [-0.05, 0) is 36.6 Å². The van der Waals surface area contributed by atoms with Crippen molar-refractivity contribution in [3.8, 4) is 0 Å². The summed E-state index contributed by atoms with van der Waals surface area (Å²) in [6.07, 6.45) is 7.71. The molecule has 0 heterocycles. The van der Waals surface area contributed by atoms with Gasteiger partial charge in [0.25, 0.3) is 0 Å². The van der Waals surface area contributed by atoms with E-state index in [1.54, 1.807) is 0 Å². The van der Waals surface area contributed by atoms with Crippen LogP contribution in [0.5, 0.6) is 0 Å². The number of hydrogen-bond donors (Lipinski definition) is 1. The number of hydrogen-bond acceptors (Lipinski definition) is 1. The van der Waals surface area contributed by atoms with Crippen LogP contribution in [0.15, 0.2) is 0 Å². The molecule has 0 aliphatic rings. The highest BCUT2D eigenvalue weighted by molar-refractivity contribution is 4.80. The van der Waals surface area contributed by atoms with Gasteiger partial charge in [-0.25, -0.2) is 0 Å². The third kappa shape index (κ3) is 5.01. The molecule has 0 unspecified atom stereocenters. The van der Waals surface area contributed by atoms with Crippen molar-refractivity contribution in [3.05, 3.63) is 0 Å². The van der Waals surface area contributed by atoms with Crippen LogP contribution in [0.2, 0.25) is 0 Å². The lowest BCUT2D eigenvalue weighted by atomic mass is 9.73. The predicted molar refractivity (Wildman–Crippen MR) is 70.0 cm³/mol. The minimum Gasteiger partial charge on any atom is -0.330 e. The van der Waals surface area contributed by atoms with Gasteiger partial charge in [0.2, 0.25) is 0 Å². The van der Waals surface area contributed by atoms with Gasteiger partial charge in [-0.2, -0.15) is 0 Å². The van der Waals surface area contributed by atoms with Crippen molar-refractivity contribution in [2.24, 2.45) is 16.6 Å². The summed E-state index contributed by atoms with van der Waals surface area (Å²) in [5.74, 6) is 0. The van der Waals surface area contributed by atoms with Crippen LogP contribution < -0.4 is 5.73 Å². The summed E-state index contributed by atoms with van der Waals surface area (Å²) in [6.45, 7) is 12.5. The maximum atomic E-state index is 5.91. The molecule has 1 nitrogen and oxygen atoms in total. The number of nitrogens with two attached hydrogens (primary N) is 1. The summed E-state index contributed by atoms with van der Waals surface area (Å²) in [6, 6.07) is 0. The molecule has 2 N–H and O–H groups in total. The van der Waals surface area contributed by atoms with Crippen molar-refractivity contribution in [2.75, 3.05) is 6.54 Å². The molecule has 0 amide bonds. The molecule has 92 valence electrons. The minimum atomic E-state index is 0.375. The largest absolute Gasteiger partial charge is 0.330 e. The summed E-state index contributed by atoms with van der Waals surface area (Å²) in [5, 5.41) is 0. The quantitative estimate of drug-likeness (QED) is 0.637. The van der Waals surface area contributed by atoms with Crippen molar-refractivity contribution in [1.29, 1.82) is 0 Å². The first-order chi connectivity index (χ1) is 6.95. The van der Waals surface area contributed by atoms with E-state index in [1.165, 1.54) is 38.5 Å². The molecule has 1 heteroatoms. The second-order valence-electron chi connectivity index (χ2n) is 5.78. The van der Waals surface area contributed by atoms with Crippen molar-refractivity contribution < 1.29 is 0 Å². The molecule has 0 bridgehead atoms. The van der Waals surface area contributed by atoms with Gasteiger partial charge in [-0.15, -0.1) is 0 Å². The van der Waals surface area contributed by atoms with E-state index >= 15 is 0 Å². The molecule has 0 spiro atoms. The van der Waals surface area contributed by atoms with Crippen LogP contribution in [0.4, 0.5) is 0 Å². The van der Waals surface area contributed by atoms with Crippen LogP contribution >= 0.6 is 0 Å². The molecule has 0 aliphatic carbocycles. The van der Waals surface area contributed by atoms with Crippen LogP contribution in [0.3, 0.4) is 0 Å². The van der Waals surface area contributed by atoms with Crippen molar-refractivity contribution in [2.45, 2.75) is 73.1 Å². The molecular weight excluding hydrogens is 182 g/mol. The Bertz CT molecular complexity index is 161. The van der Waals surface area contributed by atoms with Gasteiger partial charge in [-0.1, -0.05) is 53.9 Å². The van der Waals surface area contributed by atoms with E-state index in [4.69, 9.17) is 5.73 Å². The van der Waals surface area contributed by atoms with Gasteiger partial charge < -0.3 is 5.73 Å². The molecule has 0 radical (unpaired) electrons. The summed E-state index contributed by atoms with van der Waals surface area (Å²) in [7, 11) is 0. The van der Waals surface area contributed by atoms with Gasteiger partial charge in [0.15, 0.2) is 0 Å². The van der Waals surface area contributed by atoms with Crippen LogP contribution in [-0.4, -0.2) is 6.54 Å². The zero-order chi connectivity index (χ0) is 11.9. The SMILES string of the molecule is CCC[C@](C)(CN)CCC(C)(CC)CC. The van der Waals surface area contributed by atoms with E-state index in [0.29, 0.717) is 10.8 Å². The Kier molecular flexibility index (Phi) is 6.51. The van der Waals surface area contributed by atoms with E-state index in [9.17, 15) is 0 Å². The maximum absolute atomic E-state index is 5.91. The van der Waals surface area contributed by atoms with Gasteiger partial charge in [0.1, 0.15) is 0 Å². The molecule has 0 aromatic rings. The van der Waals surface area contributed by atoms with Crippen LogP contribution in [0, 0.1) is 10.8 Å². The predicted octanol–water partition coefficient (Wildman–Crippen LogP) is 4.36. The van der Waals surface area contributed by atoms with Crippen molar-refractivity contribution in [1.82, 2.24) is 0 Å². The first kappa shape index (κ1) is 15.0. The summed E-state index contributed by atoms with van der Waals surface area (Å²) in [4.78, 5) is 0. The zero-order valence-electron chi connectivity index (χ0n) is 11.5. The lowest BCUT2D eigenvalue weighted by Gasteiger charge is -2.34. The fraction of sp³-hybridized carbons (Fsp3) is 1.00. The highest BCUT2D eigenvalue weighted by atomic mass is 14.6. The number of rotatable bonds is 8. The Morgan fingerprint density at radius 1 is 0.800 bits per heavy atom. The van der Waals surface area contributed by atoms with Crippen LogP contribution in [-0.2, 0) is 0 Å². The molecule has 1 atom stereocenters. The Morgan fingerprint density at radius 2 is 1.27 bits per heavy atom. The van der Waals surface area contributed by atoms with E-state index in [0.717, 1.165) is 6.54 Å². The third-order valence-corrected chi connectivity index (χ3v) is 4.39. The molecule has 0 saturated heterocycles. The molecule has 0 aromatic heterocycles. The standard InChI is InChI=1S/C14H31N/c1-6-9-14(5,12-15)11-10-13(4,7-2)8-3/h6-12,15H2,1-5H3/t14-/m0/s1. The van der Waals surface area contributed by atoms with Gasteiger partial charge in [-0.3, -0.25) is 0 Å². The molecule has 0 rings (SSSR count). The zero-order valence-corrected chi connectivity index (χ0v) is 11.5. The minimum absolute atomic E-state index is 0.375. The van der Waals surface area contributed by atoms with E-state index in [-0.39, 0.29) is 0 Å².